The fourth-order valence-corrected chi connectivity index (χ4v) is 6.53. The molecule has 4 rings (SSSR count). The van der Waals surface area contributed by atoms with Crippen LogP contribution in [0.2, 0.25) is 0 Å². The maximum absolute atomic E-state index is 11.8. The summed E-state index contributed by atoms with van der Waals surface area (Å²) in [6.45, 7) is 13.0. The summed E-state index contributed by atoms with van der Waals surface area (Å²) in [5.41, 5.74) is 0.968. The Bertz CT molecular complexity index is 465. The lowest BCUT2D eigenvalue weighted by molar-refractivity contribution is -0.136. The first-order chi connectivity index (χ1) is 11.5. The molecule has 0 aromatic heterocycles. The van der Waals surface area contributed by atoms with Crippen LogP contribution in [0.4, 0.5) is 0 Å². The van der Waals surface area contributed by atoms with Crippen molar-refractivity contribution in [1.29, 1.82) is 0 Å². The third kappa shape index (κ3) is 3.13. The van der Waals surface area contributed by atoms with Crippen molar-refractivity contribution >= 4 is 5.78 Å². The summed E-state index contributed by atoms with van der Waals surface area (Å²) in [6.07, 6.45) is 14.7. The number of Topliss-reactive ketones (excluding diaryl/α,β-unsaturated/α-hetero) is 1. The minimum absolute atomic E-state index is 0.473. The first-order valence-corrected chi connectivity index (χ1v) is 10.7. The topological polar surface area (TPSA) is 17.1 Å². The predicted molar refractivity (Wildman–Crippen MR) is 104 cm³/mol. The van der Waals surface area contributed by atoms with Crippen LogP contribution in [0.3, 0.4) is 0 Å². The number of ketones is 1. The summed E-state index contributed by atoms with van der Waals surface area (Å²) < 4.78 is 0. The number of carbonyl (C=O) groups excluding carboxylic acids is 1. The van der Waals surface area contributed by atoms with Gasteiger partial charge in [0.25, 0.3) is 0 Å². The van der Waals surface area contributed by atoms with Gasteiger partial charge in [-0.3, -0.25) is 4.79 Å². The Kier molecular flexibility index (Phi) is 6.37. The largest absolute Gasteiger partial charge is 0.300 e. The summed E-state index contributed by atoms with van der Waals surface area (Å²) in [5.74, 6) is 3.96. The van der Waals surface area contributed by atoms with Gasteiger partial charge < -0.3 is 0 Å². The Morgan fingerprint density at radius 3 is 2.38 bits per heavy atom. The van der Waals surface area contributed by atoms with Crippen molar-refractivity contribution in [3.63, 3.8) is 0 Å². The standard InChI is InChI=1S/C19H28O.2C2H6/c1-18-9-3-4-16(18)15-6-5-13-12-14(20)7-11-19(13,2)17(15)8-10-18;2*1-2/h3,9,13,15-17H,4-8,10-12H2,1-2H3;2*1-2H3. The van der Waals surface area contributed by atoms with Crippen LogP contribution in [-0.4, -0.2) is 5.78 Å². The Morgan fingerprint density at radius 2 is 1.67 bits per heavy atom. The summed E-state index contributed by atoms with van der Waals surface area (Å²) in [5, 5.41) is 0. The Labute approximate surface area is 150 Å². The van der Waals surface area contributed by atoms with Gasteiger partial charge in [-0.05, 0) is 73.0 Å². The summed E-state index contributed by atoms with van der Waals surface area (Å²) in [7, 11) is 0. The van der Waals surface area contributed by atoms with Crippen molar-refractivity contribution < 1.29 is 4.79 Å². The van der Waals surface area contributed by atoms with Crippen molar-refractivity contribution in [3.05, 3.63) is 12.2 Å². The molecule has 0 N–H and O–H groups in total. The van der Waals surface area contributed by atoms with Crippen molar-refractivity contribution in [1.82, 2.24) is 0 Å². The summed E-state index contributed by atoms with van der Waals surface area (Å²) in [4.78, 5) is 11.8. The van der Waals surface area contributed by atoms with Crippen LogP contribution in [0.5, 0.6) is 0 Å². The highest BCUT2D eigenvalue weighted by Gasteiger charge is 2.56. The van der Waals surface area contributed by atoms with Gasteiger partial charge in [-0.2, -0.15) is 0 Å². The Balaban J connectivity index is 0.000000487. The van der Waals surface area contributed by atoms with E-state index in [1.165, 1.54) is 38.5 Å². The second kappa shape index (κ2) is 7.75. The van der Waals surface area contributed by atoms with Crippen molar-refractivity contribution in [2.75, 3.05) is 0 Å². The van der Waals surface area contributed by atoms with Crippen LogP contribution in [0.1, 0.15) is 92.9 Å². The highest BCUT2D eigenvalue weighted by atomic mass is 16.1. The Hall–Kier alpha value is -0.590. The molecule has 3 saturated carbocycles. The molecule has 0 spiro atoms. The van der Waals surface area contributed by atoms with Gasteiger partial charge in [0, 0.05) is 12.8 Å². The summed E-state index contributed by atoms with van der Waals surface area (Å²) >= 11 is 0. The summed E-state index contributed by atoms with van der Waals surface area (Å²) in [6, 6.07) is 0. The average Bonchev–Trinajstić information content (AvgIpc) is 3.01. The van der Waals surface area contributed by atoms with Crippen LogP contribution < -0.4 is 0 Å². The zero-order chi connectivity index (χ0) is 18.0. The van der Waals surface area contributed by atoms with E-state index in [0.717, 1.165) is 30.6 Å². The number of hydrogen-bond acceptors (Lipinski definition) is 1. The van der Waals surface area contributed by atoms with Crippen LogP contribution >= 0.6 is 0 Å². The van der Waals surface area contributed by atoms with Crippen LogP contribution in [0.25, 0.3) is 0 Å². The lowest BCUT2D eigenvalue weighted by Crippen LogP contribution is -2.52. The third-order valence-electron chi connectivity index (χ3n) is 7.81. The van der Waals surface area contributed by atoms with Crippen LogP contribution in [-0.2, 0) is 4.79 Å². The number of carbonyl (C=O) groups is 1. The molecule has 0 aromatic carbocycles. The molecule has 0 aliphatic heterocycles. The van der Waals surface area contributed by atoms with E-state index < -0.39 is 0 Å². The maximum atomic E-state index is 11.8. The van der Waals surface area contributed by atoms with E-state index in [1.54, 1.807) is 0 Å². The smallest absolute Gasteiger partial charge is 0.133 e. The van der Waals surface area contributed by atoms with Crippen molar-refractivity contribution in [2.24, 2.45) is 34.5 Å². The van der Waals surface area contributed by atoms with Gasteiger partial charge in [0.05, 0.1) is 0 Å². The van der Waals surface area contributed by atoms with Crippen LogP contribution in [0.15, 0.2) is 12.2 Å². The molecule has 0 saturated heterocycles. The van der Waals surface area contributed by atoms with Gasteiger partial charge in [0.15, 0.2) is 0 Å². The van der Waals surface area contributed by atoms with Gasteiger partial charge in [0.2, 0.25) is 0 Å². The van der Waals surface area contributed by atoms with Gasteiger partial charge in [0.1, 0.15) is 5.78 Å². The number of hydrogen-bond donors (Lipinski definition) is 0. The molecule has 4 aliphatic rings. The van der Waals surface area contributed by atoms with Gasteiger partial charge >= 0.3 is 0 Å². The van der Waals surface area contributed by atoms with Crippen molar-refractivity contribution in [3.8, 4) is 0 Å². The Morgan fingerprint density at radius 1 is 0.958 bits per heavy atom. The molecule has 6 atom stereocenters. The van der Waals surface area contributed by atoms with E-state index in [2.05, 4.69) is 26.0 Å². The molecular formula is C23H40O. The molecule has 4 aliphatic carbocycles. The predicted octanol–water partition coefficient (Wildman–Crippen LogP) is 6.82. The lowest BCUT2D eigenvalue weighted by atomic mass is 9.45. The molecule has 0 radical (unpaired) electrons. The molecular weight excluding hydrogens is 292 g/mol. The average molecular weight is 333 g/mol. The highest BCUT2D eigenvalue weighted by molar-refractivity contribution is 5.79. The quantitative estimate of drug-likeness (QED) is 0.445. The number of fused-ring (bicyclic) bond motifs is 5. The normalized spacial score (nSPS) is 45.7. The highest BCUT2D eigenvalue weighted by Crippen LogP contribution is 2.64. The molecule has 1 heteroatoms. The van der Waals surface area contributed by atoms with Gasteiger partial charge in [-0.15, -0.1) is 0 Å². The van der Waals surface area contributed by atoms with Crippen LogP contribution in [0, 0.1) is 34.5 Å². The molecule has 0 heterocycles. The molecule has 3 fully saturated rings. The molecule has 0 aromatic rings. The first-order valence-electron chi connectivity index (χ1n) is 10.7. The zero-order valence-electron chi connectivity index (χ0n) is 17.0. The molecule has 24 heavy (non-hydrogen) atoms. The molecule has 0 amide bonds. The SMILES string of the molecule is CC.CC.CC12C=CCC1C1CCC3CC(=O)CCC3(C)C1CC2. The molecule has 0 bridgehead atoms. The van der Waals surface area contributed by atoms with E-state index in [0.29, 0.717) is 22.5 Å². The molecule has 6 unspecified atom stereocenters. The van der Waals surface area contributed by atoms with Crippen molar-refractivity contribution in [2.45, 2.75) is 92.9 Å². The molecule has 138 valence electrons. The van der Waals surface area contributed by atoms with E-state index >= 15 is 0 Å². The fraction of sp³-hybridized carbons (Fsp3) is 0.870. The number of rotatable bonds is 0. The third-order valence-corrected chi connectivity index (χ3v) is 7.81. The zero-order valence-corrected chi connectivity index (χ0v) is 17.0. The van der Waals surface area contributed by atoms with E-state index in [1.807, 2.05) is 27.7 Å². The van der Waals surface area contributed by atoms with Gasteiger partial charge in [-0.25, -0.2) is 0 Å². The molecule has 1 nitrogen and oxygen atoms in total. The van der Waals surface area contributed by atoms with E-state index in [9.17, 15) is 4.79 Å². The minimum Gasteiger partial charge on any atom is -0.300 e. The minimum atomic E-state index is 0.473. The van der Waals surface area contributed by atoms with E-state index in [-0.39, 0.29) is 0 Å². The van der Waals surface area contributed by atoms with E-state index in [4.69, 9.17) is 0 Å². The lowest BCUT2D eigenvalue weighted by Gasteiger charge is -2.59. The second-order valence-corrected chi connectivity index (χ2v) is 8.58. The monoisotopic (exact) mass is 332 g/mol. The van der Waals surface area contributed by atoms with Gasteiger partial charge in [-0.1, -0.05) is 53.7 Å². The maximum Gasteiger partial charge on any atom is 0.133 e. The second-order valence-electron chi connectivity index (χ2n) is 8.58. The first kappa shape index (κ1) is 19.7. The number of allylic oxidation sites excluding steroid dienone is 2. The fourth-order valence-electron chi connectivity index (χ4n) is 6.53.